The van der Waals surface area contributed by atoms with Crippen LogP contribution in [0.25, 0.3) is 16.6 Å². The normalized spacial score (nSPS) is 12.8. The van der Waals surface area contributed by atoms with E-state index in [1.54, 1.807) is 41.5 Å². The highest BCUT2D eigenvalue weighted by atomic mass is 35.5. The molecule has 2 heterocycles. The zero-order chi connectivity index (χ0) is 20.5. The minimum atomic E-state index is -3.31. The zero-order valence-corrected chi connectivity index (χ0v) is 17.0. The molecule has 0 spiro atoms. The first-order chi connectivity index (χ1) is 13.2. The molecule has 1 unspecified atom stereocenters. The van der Waals surface area contributed by atoms with Crippen LogP contribution in [0.3, 0.4) is 0 Å². The van der Waals surface area contributed by atoms with Crippen LogP contribution in [0.15, 0.2) is 36.9 Å². The first-order valence-electron chi connectivity index (χ1n) is 8.10. The number of hydrogen-bond acceptors (Lipinski definition) is 6. The molecule has 0 saturated heterocycles. The van der Waals surface area contributed by atoms with Crippen LogP contribution < -0.4 is 5.32 Å². The molecule has 0 amide bonds. The number of pyridine rings is 1. The predicted molar refractivity (Wildman–Crippen MR) is 108 cm³/mol. The lowest BCUT2D eigenvalue weighted by molar-refractivity contribution is -0.137. The number of aliphatic carboxylic acids is 1. The highest BCUT2D eigenvalue weighted by Gasteiger charge is 2.21. The molecule has 0 radical (unpaired) electrons. The van der Waals surface area contributed by atoms with Crippen LogP contribution in [0, 0.1) is 0 Å². The number of carboxylic acid groups (broad SMARTS) is 1. The number of nitrogens with one attached hydrogen (secondary N) is 1. The number of imidazole rings is 1. The Morgan fingerprint density at radius 1 is 1.36 bits per heavy atom. The number of carboxylic acids is 1. The van der Waals surface area contributed by atoms with Gasteiger partial charge in [0.05, 0.1) is 33.3 Å². The Balaban J connectivity index is 2.07. The summed E-state index contributed by atoms with van der Waals surface area (Å²) >= 11 is 12.4. The second-order valence-electron chi connectivity index (χ2n) is 6.21. The Hall–Kier alpha value is -2.36. The van der Waals surface area contributed by atoms with Crippen molar-refractivity contribution < 1.29 is 18.3 Å². The molecular formula is C17H16Cl2N4O4S. The average molecular weight is 443 g/mol. The highest BCUT2D eigenvalue weighted by molar-refractivity contribution is 7.90. The van der Waals surface area contributed by atoms with Gasteiger partial charge in [-0.05, 0) is 18.6 Å². The second-order valence-corrected chi connectivity index (χ2v) is 9.25. The molecule has 0 saturated carbocycles. The van der Waals surface area contributed by atoms with Crippen LogP contribution in [-0.4, -0.2) is 52.1 Å². The Kier molecular flexibility index (Phi) is 5.78. The van der Waals surface area contributed by atoms with Gasteiger partial charge in [0.2, 0.25) is 0 Å². The molecule has 0 aliphatic carbocycles. The van der Waals surface area contributed by atoms with E-state index >= 15 is 0 Å². The standard InChI is InChI=1S/C17H16Cl2N4O4S/c1-28(26,27)7-4-12(17(24)25)21-14-8-13(23-6-5-20-9-23)10-2-3-11(18)15(19)16(10)22-14/h2-3,5-6,8-9,12H,4,7H2,1H3,(H,21,22)(H,24,25). The van der Waals surface area contributed by atoms with Gasteiger partial charge in [0.1, 0.15) is 21.7 Å². The third-order valence-electron chi connectivity index (χ3n) is 4.03. The van der Waals surface area contributed by atoms with Crippen molar-refractivity contribution >= 4 is 55.7 Å². The van der Waals surface area contributed by atoms with Crippen molar-refractivity contribution in [1.29, 1.82) is 0 Å². The van der Waals surface area contributed by atoms with Crippen molar-refractivity contribution in [2.24, 2.45) is 0 Å². The van der Waals surface area contributed by atoms with Crippen LogP contribution in [0.4, 0.5) is 5.82 Å². The summed E-state index contributed by atoms with van der Waals surface area (Å²) in [4.78, 5) is 20.0. The highest BCUT2D eigenvalue weighted by Crippen LogP contribution is 2.34. The zero-order valence-electron chi connectivity index (χ0n) is 14.6. The number of rotatable bonds is 7. The van der Waals surface area contributed by atoms with Gasteiger partial charge in [-0.3, -0.25) is 0 Å². The van der Waals surface area contributed by atoms with Gasteiger partial charge in [0, 0.05) is 30.1 Å². The van der Waals surface area contributed by atoms with Crippen molar-refractivity contribution in [1.82, 2.24) is 14.5 Å². The van der Waals surface area contributed by atoms with E-state index < -0.39 is 21.8 Å². The van der Waals surface area contributed by atoms with Crippen LogP contribution >= 0.6 is 23.2 Å². The molecule has 8 nitrogen and oxygen atoms in total. The maximum Gasteiger partial charge on any atom is 0.326 e. The van der Waals surface area contributed by atoms with Gasteiger partial charge in [0.15, 0.2) is 0 Å². The Labute approximate surface area is 171 Å². The number of nitrogens with zero attached hydrogens (tertiary/aromatic N) is 3. The fraction of sp³-hybridized carbons (Fsp3) is 0.235. The lowest BCUT2D eigenvalue weighted by atomic mass is 10.1. The van der Waals surface area contributed by atoms with E-state index in [9.17, 15) is 18.3 Å². The molecule has 0 bridgehead atoms. The van der Waals surface area contributed by atoms with Crippen molar-refractivity contribution in [3.63, 3.8) is 0 Å². The Morgan fingerprint density at radius 3 is 2.71 bits per heavy atom. The van der Waals surface area contributed by atoms with E-state index in [4.69, 9.17) is 23.2 Å². The van der Waals surface area contributed by atoms with Crippen LogP contribution in [-0.2, 0) is 14.6 Å². The molecule has 1 aromatic carbocycles. The van der Waals surface area contributed by atoms with Gasteiger partial charge in [-0.15, -0.1) is 0 Å². The summed E-state index contributed by atoms with van der Waals surface area (Å²) in [5.74, 6) is -1.24. The van der Waals surface area contributed by atoms with E-state index in [1.807, 2.05) is 0 Å². The summed E-state index contributed by atoms with van der Waals surface area (Å²) in [7, 11) is -3.31. The van der Waals surface area contributed by atoms with E-state index in [1.165, 1.54) is 0 Å². The van der Waals surface area contributed by atoms with E-state index in [2.05, 4.69) is 15.3 Å². The minimum Gasteiger partial charge on any atom is -0.480 e. The molecule has 0 aliphatic heterocycles. The molecule has 148 valence electrons. The second kappa shape index (κ2) is 7.94. The summed E-state index contributed by atoms with van der Waals surface area (Å²) in [6, 6.07) is 3.90. The van der Waals surface area contributed by atoms with E-state index in [-0.39, 0.29) is 23.0 Å². The van der Waals surface area contributed by atoms with Crippen molar-refractivity contribution in [3.05, 3.63) is 47.0 Å². The first-order valence-corrected chi connectivity index (χ1v) is 10.9. The summed E-state index contributed by atoms with van der Waals surface area (Å²) in [6.45, 7) is 0. The van der Waals surface area contributed by atoms with Crippen molar-refractivity contribution in [2.45, 2.75) is 12.5 Å². The molecule has 2 aromatic heterocycles. The third kappa shape index (κ3) is 4.54. The number of hydrogen-bond donors (Lipinski definition) is 2. The van der Waals surface area contributed by atoms with Gasteiger partial charge < -0.3 is 15.0 Å². The number of sulfone groups is 1. The largest absolute Gasteiger partial charge is 0.480 e. The number of anilines is 1. The first kappa shape index (κ1) is 20.4. The van der Waals surface area contributed by atoms with Gasteiger partial charge in [-0.2, -0.15) is 0 Å². The fourth-order valence-corrected chi connectivity index (χ4v) is 3.70. The maximum atomic E-state index is 11.6. The number of benzene rings is 1. The Morgan fingerprint density at radius 2 is 2.11 bits per heavy atom. The number of fused-ring (bicyclic) bond motifs is 1. The monoisotopic (exact) mass is 442 g/mol. The maximum absolute atomic E-state index is 11.6. The molecule has 3 rings (SSSR count). The van der Waals surface area contributed by atoms with Crippen molar-refractivity contribution in [2.75, 3.05) is 17.3 Å². The Bertz CT molecular complexity index is 1130. The van der Waals surface area contributed by atoms with E-state index in [0.29, 0.717) is 21.6 Å². The molecule has 28 heavy (non-hydrogen) atoms. The predicted octanol–water partition coefficient (Wildman–Crippen LogP) is 3.03. The van der Waals surface area contributed by atoms with Crippen LogP contribution in [0.2, 0.25) is 10.0 Å². The van der Waals surface area contributed by atoms with Gasteiger partial charge in [-0.1, -0.05) is 23.2 Å². The van der Waals surface area contributed by atoms with E-state index in [0.717, 1.165) is 6.26 Å². The molecule has 11 heteroatoms. The molecular weight excluding hydrogens is 427 g/mol. The summed E-state index contributed by atoms with van der Waals surface area (Å²) in [5.41, 5.74) is 1.05. The topological polar surface area (TPSA) is 114 Å². The third-order valence-corrected chi connectivity index (χ3v) is 5.80. The molecule has 2 N–H and O–H groups in total. The molecule has 1 atom stereocenters. The lowest BCUT2D eigenvalue weighted by Crippen LogP contribution is -2.31. The average Bonchev–Trinajstić information content (AvgIpc) is 3.15. The number of carbonyl (C=O) groups is 1. The molecule has 0 aliphatic rings. The van der Waals surface area contributed by atoms with Crippen LogP contribution in [0.1, 0.15) is 6.42 Å². The fourth-order valence-electron chi connectivity index (χ4n) is 2.67. The van der Waals surface area contributed by atoms with Gasteiger partial charge in [-0.25, -0.2) is 23.2 Å². The molecule has 3 aromatic rings. The SMILES string of the molecule is CS(=O)(=O)CCC(Nc1cc(-n2ccnc2)c2ccc(Cl)c(Cl)c2n1)C(=O)O. The summed E-state index contributed by atoms with van der Waals surface area (Å²) in [6.07, 6.45) is 5.85. The minimum absolute atomic E-state index is 0.114. The quantitative estimate of drug-likeness (QED) is 0.577. The summed E-state index contributed by atoms with van der Waals surface area (Å²) < 4.78 is 24.5. The van der Waals surface area contributed by atoms with Crippen molar-refractivity contribution in [3.8, 4) is 5.69 Å². The number of halogens is 2. The number of aromatic nitrogens is 3. The van der Waals surface area contributed by atoms with Crippen LogP contribution in [0.5, 0.6) is 0 Å². The smallest absolute Gasteiger partial charge is 0.326 e. The van der Waals surface area contributed by atoms with Gasteiger partial charge >= 0.3 is 5.97 Å². The van der Waals surface area contributed by atoms with Gasteiger partial charge in [0.25, 0.3) is 0 Å². The molecule has 0 fully saturated rings. The lowest BCUT2D eigenvalue weighted by Gasteiger charge is -2.17. The summed E-state index contributed by atoms with van der Waals surface area (Å²) in [5, 5.41) is 13.5.